The molecule has 0 saturated heterocycles. The summed E-state index contributed by atoms with van der Waals surface area (Å²) in [7, 11) is 1.49. The van der Waals surface area contributed by atoms with Crippen LogP contribution in [0.4, 0.5) is 0 Å². The molecule has 0 fully saturated rings. The van der Waals surface area contributed by atoms with Crippen molar-refractivity contribution in [2.75, 3.05) is 7.11 Å². The third-order valence-corrected chi connectivity index (χ3v) is 3.68. The summed E-state index contributed by atoms with van der Waals surface area (Å²) in [4.78, 5) is 27.5. The lowest BCUT2D eigenvalue weighted by Crippen LogP contribution is -2.05. The number of aryl methyl sites for hydroxylation is 1. The number of benzene rings is 2. The topological polar surface area (TPSA) is 74.2 Å². The summed E-state index contributed by atoms with van der Waals surface area (Å²) in [6, 6.07) is 12.4. The number of methoxy groups -OCH3 is 1. The largest absolute Gasteiger partial charge is 0.496 e. The highest BCUT2D eigenvalue weighted by atomic mass is 16.6. The Hall–Kier alpha value is -3.41. The van der Waals surface area contributed by atoms with Gasteiger partial charge in [0.15, 0.2) is 5.70 Å². The molecule has 0 amide bonds. The number of carbonyl (C=O) groups excluding carboxylic acids is 2. The average molecular weight is 351 g/mol. The number of cyclic esters (lactones) is 1. The quantitative estimate of drug-likeness (QED) is 0.480. The van der Waals surface area contributed by atoms with Crippen molar-refractivity contribution in [1.29, 1.82) is 0 Å². The molecule has 2 aromatic rings. The highest BCUT2D eigenvalue weighted by molar-refractivity contribution is 6.13. The van der Waals surface area contributed by atoms with Crippen LogP contribution < -0.4 is 9.47 Å². The van der Waals surface area contributed by atoms with Crippen LogP contribution in [0.5, 0.6) is 11.5 Å². The molecule has 0 aliphatic carbocycles. The van der Waals surface area contributed by atoms with E-state index in [1.54, 1.807) is 24.3 Å². The predicted molar refractivity (Wildman–Crippen MR) is 96.1 cm³/mol. The van der Waals surface area contributed by atoms with Crippen molar-refractivity contribution >= 4 is 23.9 Å². The molecule has 0 N–H and O–H groups in total. The van der Waals surface area contributed by atoms with Gasteiger partial charge in [-0.15, -0.1) is 0 Å². The van der Waals surface area contributed by atoms with Gasteiger partial charge in [0.05, 0.1) is 7.11 Å². The van der Waals surface area contributed by atoms with Crippen LogP contribution >= 0.6 is 0 Å². The van der Waals surface area contributed by atoms with Crippen LogP contribution in [-0.2, 0) is 14.3 Å². The third-order valence-electron chi connectivity index (χ3n) is 3.68. The van der Waals surface area contributed by atoms with Crippen molar-refractivity contribution in [2.45, 2.75) is 13.8 Å². The normalized spacial score (nSPS) is 14.8. The molecular weight excluding hydrogens is 334 g/mol. The van der Waals surface area contributed by atoms with E-state index in [-0.39, 0.29) is 11.6 Å². The van der Waals surface area contributed by atoms with Crippen molar-refractivity contribution in [3.63, 3.8) is 0 Å². The van der Waals surface area contributed by atoms with Crippen LogP contribution in [0, 0.1) is 6.92 Å². The molecule has 0 saturated carbocycles. The number of carbonyl (C=O) groups is 2. The summed E-state index contributed by atoms with van der Waals surface area (Å²) < 4.78 is 15.6. The number of hydrogen-bond acceptors (Lipinski definition) is 6. The summed E-state index contributed by atoms with van der Waals surface area (Å²) in [5.41, 5.74) is 2.61. The Morgan fingerprint density at radius 3 is 2.54 bits per heavy atom. The smallest absolute Gasteiger partial charge is 0.363 e. The van der Waals surface area contributed by atoms with Crippen molar-refractivity contribution in [3.05, 3.63) is 64.9 Å². The third kappa shape index (κ3) is 3.80. The highest BCUT2D eigenvalue weighted by Crippen LogP contribution is 2.28. The molecule has 1 aliphatic rings. The van der Waals surface area contributed by atoms with Crippen LogP contribution in [0.25, 0.3) is 6.08 Å². The number of hydrogen-bond donors (Lipinski definition) is 0. The van der Waals surface area contributed by atoms with E-state index in [1.807, 2.05) is 31.2 Å². The van der Waals surface area contributed by atoms with Gasteiger partial charge in [-0.2, -0.15) is 0 Å². The summed E-state index contributed by atoms with van der Waals surface area (Å²) in [6.45, 7) is 3.29. The van der Waals surface area contributed by atoms with Gasteiger partial charge in [0.25, 0.3) is 0 Å². The van der Waals surface area contributed by atoms with Crippen LogP contribution in [0.15, 0.2) is 53.2 Å². The standard InChI is InChI=1S/C20H17NO5/c1-12-4-6-14(7-5-12)19-21-17(20(23)26-19)10-15-8-9-16(25-13(2)22)11-18(15)24-3/h4-11H,1-3H3. The Bertz CT molecular complexity index is 926. The molecular formula is C20H17NO5. The molecule has 1 heterocycles. The number of nitrogens with zero attached hydrogens (tertiary/aromatic N) is 1. The fourth-order valence-electron chi connectivity index (χ4n) is 2.42. The zero-order valence-electron chi connectivity index (χ0n) is 14.6. The van der Waals surface area contributed by atoms with E-state index in [0.717, 1.165) is 11.1 Å². The Morgan fingerprint density at radius 2 is 1.88 bits per heavy atom. The maximum absolute atomic E-state index is 12.1. The first-order valence-electron chi connectivity index (χ1n) is 7.92. The highest BCUT2D eigenvalue weighted by Gasteiger charge is 2.24. The Balaban J connectivity index is 1.92. The lowest BCUT2D eigenvalue weighted by molar-refractivity contribution is -0.132. The molecule has 0 aromatic heterocycles. The molecule has 0 atom stereocenters. The summed E-state index contributed by atoms with van der Waals surface area (Å²) >= 11 is 0. The summed E-state index contributed by atoms with van der Waals surface area (Å²) in [6.07, 6.45) is 1.57. The molecule has 132 valence electrons. The zero-order chi connectivity index (χ0) is 18.7. The second kappa shape index (κ2) is 7.23. The lowest BCUT2D eigenvalue weighted by atomic mass is 10.1. The molecule has 26 heavy (non-hydrogen) atoms. The van der Waals surface area contributed by atoms with Gasteiger partial charge in [0.2, 0.25) is 5.90 Å². The fraction of sp³-hybridized carbons (Fsp3) is 0.150. The Labute approximate surface area is 150 Å². The van der Waals surface area contributed by atoms with E-state index < -0.39 is 11.9 Å². The zero-order valence-corrected chi connectivity index (χ0v) is 14.6. The molecule has 6 nitrogen and oxygen atoms in total. The molecule has 0 unspecified atom stereocenters. The molecule has 1 aliphatic heterocycles. The van der Waals surface area contributed by atoms with Crippen LogP contribution in [-0.4, -0.2) is 24.9 Å². The van der Waals surface area contributed by atoms with Crippen molar-refractivity contribution in [2.24, 2.45) is 4.99 Å². The molecule has 3 rings (SSSR count). The maximum atomic E-state index is 12.1. The predicted octanol–water partition coefficient (Wildman–Crippen LogP) is 3.27. The van der Waals surface area contributed by atoms with Gasteiger partial charge in [-0.3, -0.25) is 4.79 Å². The average Bonchev–Trinajstić information content (AvgIpc) is 2.97. The first-order chi connectivity index (χ1) is 12.5. The van der Waals surface area contributed by atoms with Crippen LogP contribution in [0.1, 0.15) is 23.6 Å². The molecule has 0 radical (unpaired) electrons. The van der Waals surface area contributed by atoms with Gasteiger partial charge >= 0.3 is 11.9 Å². The number of ether oxygens (including phenoxy) is 3. The minimum Gasteiger partial charge on any atom is -0.496 e. The molecule has 6 heteroatoms. The van der Waals surface area contributed by atoms with E-state index in [4.69, 9.17) is 14.2 Å². The van der Waals surface area contributed by atoms with Crippen LogP contribution in [0.3, 0.4) is 0 Å². The van der Waals surface area contributed by atoms with Gasteiger partial charge in [0, 0.05) is 24.1 Å². The number of aliphatic imine (C=N–C) groups is 1. The summed E-state index contributed by atoms with van der Waals surface area (Å²) in [5.74, 6) is 0.102. The van der Waals surface area contributed by atoms with Gasteiger partial charge in [-0.05, 0) is 37.3 Å². The van der Waals surface area contributed by atoms with Crippen molar-refractivity contribution in [3.8, 4) is 11.5 Å². The van der Waals surface area contributed by atoms with Crippen molar-refractivity contribution < 1.29 is 23.8 Å². The first-order valence-corrected chi connectivity index (χ1v) is 7.92. The van der Waals surface area contributed by atoms with Gasteiger partial charge in [-0.1, -0.05) is 17.7 Å². The Morgan fingerprint density at radius 1 is 1.15 bits per heavy atom. The molecule has 2 aromatic carbocycles. The Kier molecular flexibility index (Phi) is 4.84. The maximum Gasteiger partial charge on any atom is 0.363 e. The van der Waals surface area contributed by atoms with E-state index in [0.29, 0.717) is 17.1 Å². The summed E-state index contributed by atoms with van der Waals surface area (Å²) in [5, 5.41) is 0. The number of rotatable bonds is 4. The fourth-order valence-corrected chi connectivity index (χ4v) is 2.42. The first kappa shape index (κ1) is 17.4. The van der Waals surface area contributed by atoms with Gasteiger partial charge in [-0.25, -0.2) is 9.79 Å². The van der Waals surface area contributed by atoms with E-state index >= 15 is 0 Å². The van der Waals surface area contributed by atoms with E-state index in [9.17, 15) is 9.59 Å². The SMILES string of the molecule is COc1cc(OC(C)=O)ccc1C=C1N=C(c2ccc(C)cc2)OC1=O. The van der Waals surface area contributed by atoms with Crippen molar-refractivity contribution in [1.82, 2.24) is 0 Å². The van der Waals surface area contributed by atoms with E-state index in [2.05, 4.69) is 4.99 Å². The van der Waals surface area contributed by atoms with Gasteiger partial charge < -0.3 is 14.2 Å². The second-order valence-electron chi connectivity index (χ2n) is 5.70. The van der Waals surface area contributed by atoms with Crippen LogP contribution in [0.2, 0.25) is 0 Å². The van der Waals surface area contributed by atoms with E-state index in [1.165, 1.54) is 14.0 Å². The van der Waals surface area contributed by atoms with Gasteiger partial charge in [0.1, 0.15) is 11.5 Å². The second-order valence-corrected chi connectivity index (χ2v) is 5.70. The number of esters is 2. The monoisotopic (exact) mass is 351 g/mol. The minimum atomic E-state index is -0.535. The minimum absolute atomic E-state index is 0.166. The molecule has 0 bridgehead atoms. The lowest BCUT2D eigenvalue weighted by Gasteiger charge is -2.07. The molecule has 0 spiro atoms.